The molecule has 1 amide bonds. The van der Waals surface area contributed by atoms with E-state index in [1.807, 2.05) is 4.90 Å². The van der Waals surface area contributed by atoms with Gasteiger partial charge in [-0.05, 0) is 86.5 Å². The van der Waals surface area contributed by atoms with Crippen LogP contribution in [0.2, 0.25) is 0 Å². The Morgan fingerprint density at radius 3 is 2.16 bits per heavy atom. The van der Waals surface area contributed by atoms with Crippen molar-refractivity contribution in [2.45, 2.75) is 69.1 Å². The Labute approximate surface area is 215 Å². The van der Waals surface area contributed by atoms with E-state index in [4.69, 9.17) is 10.5 Å². The largest absolute Gasteiger partial charge is 0.416 e. The van der Waals surface area contributed by atoms with Crippen LogP contribution >= 0.6 is 0 Å². The number of hydrogen-bond acceptors (Lipinski definition) is 3. The summed E-state index contributed by atoms with van der Waals surface area (Å²) in [5.74, 6) is -1.19. The molecule has 1 saturated carbocycles. The van der Waals surface area contributed by atoms with Crippen molar-refractivity contribution in [2.75, 3.05) is 13.1 Å². The van der Waals surface area contributed by atoms with Gasteiger partial charge in [0.25, 0.3) is 0 Å². The minimum Gasteiger partial charge on any atom is -0.370 e. The summed E-state index contributed by atoms with van der Waals surface area (Å²) in [6, 6.07) is 6.89. The van der Waals surface area contributed by atoms with Gasteiger partial charge in [0.1, 0.15) is 5.82 Å². The number of primary amides is 1. The summed E-state index contributed by atoms with van der Waals surface area (Å²) >= 11 is 0. The molecule has 1 heterocycles. The Bertz CT molecular complexity index is 1100. The summed E-state index contributed by atoms with van der Waals surface area (Å²) < 4.78 is 100. The Morgan fingerprint density at radius 2 is 1.61 bits per heavy atom. The van der Waals surface area contributed by atoms with Gasteiger partial charge in [-0.15, -0.1) is 0 Å². The first-order valence-electron chi connectivity index (χ1n) is 12.5. The van der Waals surface area contributed by atoms with Gasteiger partial charge in [0, 0.05) is 12.5 Å². The van der Waals surface area contributed by atoms with Crippen LogP contribution in [0.3, 0.4) is 0 Å². The van der Waals surface area contributed by atoms with Crippen molar-refractivity contribution in [1.82, 2.24) is 4.90 Å². The van der Waals surface area contributed by atoms with Crippen molar-refractivity contribution in [2.24, 2.45) is 11.7 Å². The normalized spacial score (nSPS) is 25.6. The highest BCUT2D eigenvalue weighted by Gasteiger charge is 2.42. The third-order valence-electron chi connectivity index (χ3n) is 7.60. The molecular weight excluding hydrogens is 517 g/mol. The fraction of sp³-hybridized carbons (Fsp3) is 0.519. The molecule has 2 aromatic rings. The van der Waals surface area contributed by atoms with E-state index in [0.717, 1.165) is 12.0 Å². The first kappa shape index (κ1) is 28.4. The molecule has 5 atom stereocenters. The predicted octanol–water partition coefficient (Wildman–Crippen LogP) is 6.45. The van der Waals surface area contributed by atoms with Gasteiger partial charge in [-0.25, -0.2) is 4.39 Å². The quantitative estimate of drug-likeness (QED) is 0.406. The molecule has 0 radical (unpaired) electrons. The maximum atomic E-state index is 13.7. The molecule has 4 nitrogen and oxygen atoms in total. The second-order valence-electron chi connectivity index (χ2n) is 10.1. The van der Waals surface area contributed by atoms with E-state index in [1.54, 1.807) is 12.1 Å². The molecule has 11 heteroatoms. The number of halogens is 7. The van der Waals surface area contributed by atoms with Crippen LogP contribution in [0.1, 0.15) is 66.9 Å². The summed E-state index contributed by atoms with van der Waals surface area (Å²) in [5, 5.41) is 0. The van der Waals surface area contributed by atoms with Gasteiger partial charge < -0.3 is 10.5 Å². The third-order valence-corrected chi connectivity index (χ3v) is 7.60. The van der Waals surface area contributed by atoms with Gasteiger partial charge in [0.15, 0.2) is 0 Å². The van der Waals surface area contributed by atoms with E-state index < -0.39 is 53.5 Å². The average molecular weight is 547 g/mol. The molecule has 2 fully saturated rings. The molecule has 0 bridgehead atoms. The van der Waals surface area contributed by atoms with E-state index >= 15 is 0 Å². The molecule has 208 valence electrons. The van der Waals surface area contributed by atoms with Crippen LogP contribution in [-0.4, -0.2) is 36.0 Å². The van der Waals surface area contributed by atoms with Crippen molar-refractivity contribution >= 4 is 5.91 Å². The summed E-state index contributed by atoms with van der Waals surface area (Å²) in [4.78, 5) is 13.9. The average Bonchev–Trinajstić information content (AvgIpc) is 3.46. The molecule has 1 saturated heterocycles. The minimum atomic E-state index is -4.96. The molecule has 1 aliphatic heterocycles. The van der Waals surface area contributed by atoms with Crippen LogP contribution in [-0.2, 0) is 21.9 Å². The molecule has 0 aromatic heterocycles. The maximum Gasteiger partial charge on any atom is 0.416 e. The monoisotopic (exact) mass is 546 g/mol. The highest BCUT2D eigenvalue weighted by atomic mass is 19.4. The van der Waals surface area contributed by atoms with E-state index in [9.17, 15) is 35.5 Å². The van der Waals surface area contributed by atoms with E-state index in [2.05, 4.69) is 0 Å². The highest BCUT2D eigenvalue weighted by molar-refractivity contribution is 5.80. The maximum absolute atomic E-state index is 13.7. The Balaban J connectivity index is 1.61. The number of rotatable bonds is 7. The van der Waals surface area contributed by atoms with Crippen LogP contribution in [0.25, 0.3) is 0 Å². The topological polar surface area (TPSA) is 55.6 Å². The molecule has 1 aliphatic carbocycles. The molecule has 0 spiro atoms. The summed E-state index contributed by atoms with van der Waals surface area (Å²) in [6.45, 7) is 2.63. The van der Waals surface area contributed by atoms with Gasteiger partial charge in [0.05, 0.1) is 29.4 Å². The third kappa shape index (κ3) is 6.31. The van der Waals surface area contributed by atoms with E-state index in [1.165, 1.54) is 19.1 Å². The van der Waals surface area contributed by atoms with Crippen molar-refractivity contribution in [1.29, 1.82) is 0 Å². The summed E-state index contributed by atoms with van der Waals surface area (Å²) in [5.41, 5.74) is 3.28. The van der Waals surface area contributed by atoms with E-state index in [-0.39, 0.29) is 23.5 Å². The smallest absolute Gasteiger partial charge is 0.370 e. The molecule has 4 rings (SSSR count). The standard InChI is InChI=1S/C27H29F7N2O2/c1-15(18-11-19(26(29,30)31)13-20(12-18)27(32,33)34)38-23-9-6-17(14-36-10-2-3-22(36)25(35)37)24(23)16-4-7-21(28)8-5-16/h4-5,7-8,11-13,15,17,22-24H,2-3,6,9-10,14H2,1H3,(H2,35,37). The van der Waals surface area contributed by atoms with Gasteiger partial charge in [-0.2, -0.15) is 26.3 Å². The second-order valence-corrected chi connectivity index (χ2v) is 10.1. The Kier molecular flexibility index (Phi) is 8.09. The van der Waals surface area contributed by atoms with Crippen molar-refractivity contribution < 1.29 is 40.3 Å². The number of ether oxygens (including phenoxy) is 1. The number of carbonyl (C=O) groups excluding carboxylic acids is 1. The minimum absolute atomic E-state index is 0.0372. The Morgan fingerprint density at radius 1 is 1.00 bits per heavy atom. The lowest BCUT2D eigenvalue weighted by molar-refractivity contribution is -0.143. The predicted molar refractivity (Wildman–Crippen MR) is 125 cm³/mol. The molecule has 38 heavy (non-hydrogen) atoms. The van der Waals surface area contributed by atoms with Crippen LogP contribution in [0.5, 0.6) is 0 Å². The molecule has 2 N–H and O–H groups in total. The van der Waals surface area contributed by atoms with Crippen LogP contribution in [0, 0.1) is 11.7 Å². The van der Waals surface area contributed by atoms with Crippen molar-refractivity contribution in [3.05, 3.63) is 70.5 Å². The summed E-state index contributed by atoms with van der Waals surface area (Å²) in [6.07, 6.45) is -8.93. The summed E-state index contributed by atoms with van der Waals surface area (Å²) in [7, 11) is 0. The highest BCUT2D eigenvalue weighted by Crippen LogP contribution is 2.45. The number of carbonyl (C=O) groups is 1. The zero-order valence-electron chi connectivity index (χ0n) is 20.7. The van der Waals surface area contributed by atoms with Crippen LogP contribution in [0.15, 0.2) is 42.5 Å². The fourth-order valence-electron chi connectivity index (χ4n) is 5.79. The molecule has 2 aromatic carbocycles. The fourth-order valence-corrected chi connectivity index (χ4v) is 5.79. The zero-order chi connectivity index (χ0) is 27.8. The molecule has 5 unspecified atom stereocenters. The number of hydrogen-bond donors (Lipinski definition) is 1. The molecule has 2 aliphatic rings. The van der Waals surface area contributed by atoms with Gasteiger partial charge in [0.2, 0.25) is 5.91 Å². The zero-order valence-corrected chi connectivity index (χ0v) is 20.7. The number of alkyl halides is 6. The van der Waals surface area contributed by atoms with Crippen LogP contribution < -0.4 is 5.73 Å². The first-order valence-corrected chi connectivity index (χ1v) is 12.5. The number of amides is 1. The van der Waals surface area contributed by atoms with Gasteiger partial charge in [-0.1, -0.05) is 12.1 Å². The lowest BCUT2D eigenvalue weighted by Gasteiger charge is -2.32. The number of nitrogens with two attached hydrogens (primary N) is 1. The lowest BCUT2D eigenvalue weighted by Crippen LogP contribution is -2.43. The van der Waals surface area contributed by atoms with Crippen LogP contribution in [0.4, 0.5) is 30.7 Å². The molecular formula is C27H29F7N2O2. The number of likely N-dealkylation sites (tertiary alicyclic amines) is 1. The number of benzene rings is 2. The second kappa shape index (κ2) is 10.8. The van der Waals surface area contributed by atoms with Crippen molar-refractivity contribution in [3.8, 4) is 0 Å². The van der Waals surface area contributed by atoms with Gasteiger partial charge >= 0.3 is 12.4 Å². The van der Waals surface area contributed by atoms with Crippen molar-refractivity contribution in [3.63, 3.8) is 0 Å². The lowest BCUT2D eigenvalue weighted by atomic mass is 9.86. The number of nitrogens with zero attached hydrogens (tertiary/aromatic N) is 1. The van der Waals surface area contributed by atoms with Gasteiger partial charge in [-0.3, -0.25) is 9.69 Å². The Hall–Kier alpha value is -2.66. The first-order chi connectivity index (χ1) is 17.7. The van der Waals surface area contributed by atoms with E-state index in [0.29, 0.717) is 44.5 Å². The SMILES string of the molecule is CC(OC1CCC(CN2CCCC2C(N)=O)C1c1ccc(F)cc1)c1cc(C(F)(F)F)cc(C(F)(F)F)c1.